The van der Waals surface area contributed by atoms with E-state index < -0.39 is 11.4 Å². The van der Waals surface area contributed by atoms with Crippen molar-refractivity contribution in [3.05, 3.63) is 0 Å². The van der Waals surface area contributed by atoms with Gasteiger partial charge in [0.05, 0.1) is 5.41 Å². The lowest BCUT2D eigenvalue weighted by Gasteiger charge is -2.23. The SMILES string of the molecule is CC1CN(C(=O)NCC(C)(C)C(=O)O)CC1C. The van der Waals surface area contributed by atoms with Gasteiger partial charge in [0.25, 0.3) is 0 Å². The monoisotopic (exact) mass is 242 g/mol. The Morgan fingerprint density at radius 2 is 1.76 bits per heavy atom. The van der Waals surface area contributed by atoms with E-state index in [1.54, 1.807) is 18.7 Å². The topological polar surface area (TPSA) is 69.6 Å². The van der Waals surface area contributed by atoms with E-state index in [-0.39, 0.29) is 12.6 Å². The zero-order valence-electron chi connectivity index (χ0n) is 11.0. The van der Waals surface area contributed by atoms with E-state index in [0.717, 1.165) is 13.1 Å². The third-order valence-corrected chi connectivity index (χ3v) is 3.54. The van der Waals surface area contributed by atoms with Crippen molar-refractivity contribution in [1.82, 2.24) is 10.2 Å². The van der Waals surface area contributed by atoms with Crippen LogP contribution in [0.5, 0.6) is 0 Å². The number of amides is 2. The number of likely N-dealkylation sites (tertiary alicyclic amines) is 1. The first-order valence-electron chi connectivity index (χ1n) is 6.00. The summed E-state index contributed by atoms with van der Waals surface area (Å²) in [5.41, 5.74) is -0.924. The van der Waals surface area contributed by atoms with Gasteiger partial charge in [0.2, 0.25) is 0 Å². The molecule has 0 spiro atoms. The molecule has 1 rings (SSSR count). The summed E-state index contributed by atoms with van der Waals surface area (Å²) < 4.78 is 0. The van der Waals surface area contributed by atoms with Crippen LogP contribution in [0, 0.1) is 17.3 Å². The van der Waals surface area contributed by atoms with Gasteiger partial charge in [-0.2, -0.15) is 0 Å². The molecule has 1 aliphatic heterocycles. The Morgan fingerprint density at radius 3 is 2.18 bits per heavy atom. The molecule has 5 heteroatoms. The molecule has 0 aliphatic carbocycles. The van der Waals surface area contributed by atoms with Crippen LogP contribution in [0.4, 0.5) is 4.79 Å². The highest BCUT2D eigenvalue weighted by Gasteiger charge is 2.32. The van der Waals surface area contributed by atoms with Crippen LogP contribution >= 0.6 is 0 Å². The van der Waals surface area contributed by atoms with Gasteiger partial charge >= 0.3 is 12.0 Å². The van der Waals surface area contributed by atoms with Crippen LogP contribution < -0.4 is 5.32 Å². The minimum Gasteiger partial charge on any atom is -0.481 e. The molecule has 1 heterocycles. The Kier molecular flexibility index (Phi) is 4.01. The first-order chi connectivity index (χ1) is 7.74. The summed E-state index contributed by atoms with van der Waals surface area (Å²) in [4.78, 5) is 24.5. The lowest BCUT2D eigenvalue weighted by molar-refractivity contribution is -0.146. The van der Waals surface area contributed by atoms with E-state index in [1.807, 2.05) is 0 Å². The highest BCUT2D eigenvalue weighted by atomic mass is 16.4. The number of carbonyl (C=O) groups is 2. The van der Waals surface area contributed by atoms with Crippen LogP contribution in [0.1, 0.15) is 27.7 Å². The molecule has 1 fully saturated rings. The molecular weight excluding hydrogens is 220 g/mol. The highest BCUT2D eigenvalue weighted by Crippen LogP contribution is 2.22. The summed E-state index contributed by atoms with van der Waals surface area (Å²) in [6.07, 6.45) is 0. The van der Waals surface area contributed by atoms with E-state index in [9.17, 15) is 9.59 Å². The van der Waals surface area contributed by atoms with Gasteiger partial charge < -0.3 is 15.3 Å². The third-order valence-electron chi connectivity index (χ3n) is 3.54. The number of nitrogens with zero attached hydrogens (tertiary/aromatic N) is 1. The van der Waals surface area contributed by atoms with Gasteiger partial charge in [-0.25, -0.2) is 4.79 Å². The molecule has 1 saturated heterocycles. The van der Waals surface area contributed by atoms with Gasteiger partial charge in [-0.1, -0.05) is 13.8 Å². The molecule has 1 aliphatic rings. The number of urea groups is 1. The normalized spacial score (nSPS) is 24.8. The van der Waals surface area contributed by atoms with Crippen molar-refractivity contribution in [2.75, 3.05) is 19.6 Å². The summed E-state index contributed by atoms with van der Waals surface area (Å²) in [6, 6.07) is -0.157. The summed E-state index contributed by atoms with van der Waals surface area (Å²) in [5, 5.41) is 11.6. The molecule has 5 nitrogen and oxygen atoms in total. The summed E-state index contributed by atoms with van der Waals surface area (Å²) >= 11 is 0. The molecule has 0 saturated carbocycles. The summed E-state index contributed by atoms with van der Waals surface area (Å²) in [6.45, 7) is 9.11. The van der Waals surface area contributed by atoms with Gasteiger partial charge in [0.1, 0.15) is 0 Å². The Bertz CT molecular complexity index is 305. The Hall–Kier alpha value is -1.26. The molecular formula is C12H22N2O3. The van der Waals surface area contributed by atoms with E-state index in [0.29, 0.717) is 11.8 Å². The van der Waals surface area contributed by atoms with E-state index in [1.165, 1.54) is 0 Å². The summed E-state index contributed by atoms with van der Waals surface area (Å²) in [7, 11) is 0. The quantitative estimate of drug-likeness (QED) is 0.785. The van der Waals surface area contributed by atoms with Crippen LogP contribution in [0.2, 0.25) is 0 Å². The zero-order chi connectivity index (χ0) is 13.2. The van der Waals surface area contributed by atoms with Gasteiger partial charge in [0.15, 0.2) is 0 Å². The fraction of sp³-hybridized carbons (Fsp3) is 0.833. The van der Waals surface area contributed by atoms with Crippen molar-refractivity contribution in [3.63, 3.8) is 0 Å². The molecule has 0 radical (unpaired) electrons. The fourth-order valence-corrected chi connectivity index (χ4v) is 1.78. The predicted octanol–water partition coefficient (Wildman–Crippen LogP) is 1.39. The average molecular weight is 242 g/mol. The molecule has 0 aromatic carbocycles. The smallest absolute Gasteiger partial charge is 0.317 e. The van der Waals surface area contributed by atoms with E-state index in [4.69, 9.17) is 5.11 Å². The third kappa shape index (κ3) is 3.35. The predicted molar refractivity (Wildman–Crippen MR) is 64.7 cm³/mol. The number of hydrogen-bond acceptors (Lipinski definition) is 2. The zero-order valence-corrected chi connectivity index (χ0v) is 11.0. The Morgan fingerprint density at radius 1 is 1.29 bits per heavy atom. The fourth-order valence-electron chi connectivity index (χ4n) is 1.78. The van der Waals surface area contributed by atoms with Crippen molar-refractivity contribution >= 4 is 12.0 Å². The number of nitrogens with one attached hydrogen (secondary N) is 1. The second-order valence-electron chi connectivity index (χ2n) is 5.71. The average Bonchev–Trinajstić information content (AvgIpc) is 2.56. The molecule has 0 aromatic heterocycles. The number of aliphatic carboxylic acids is 1. The molecule has 17 heavy (non-hydrogen) atoms. The maximum atomic E-state index is 11.8. The number of rotatable bonds is 3. The number of carboxylic acids is 1. The van der Waals surface area contributed by atoms with Crippen molar-refractivity contribution in [2.45, 2.75) is 27.7 Å². The molecule has 0 bridgehead atoms. The minimum absolute atomic E-state index is 0.153. The molecule has 98 valence electrons. The van der Waals surface area contributed by atoms with Crippen molar-refractivity contribution < 1.29 is 14.7 Å². The standard InChI is InChI=1S/C12H22N2O3/c1-8-5-14(6-9(8)2)11(17)13-7-12(3,4)10(15)16/h8-9H,5-7H2,1-4H3,(H,13,17)(H,15,16). The minimum atomic E-state index is -0.924. The van der Waals surface area contributed by atoms with Crippen LogP contribution in [0.25, 0.3) is 0 Å². The lowest BCUT2D eigenvalue weighted by Crippen LogP contribution is -2.44. The molecule has 2 unspecified atom stereocenters. The van der Waals surface area contributed by atoms with Crippen molar-refractivity contribution in [1.29, 1.82) is 0 Å². The van der Waals surface area contributed by atoms with Gasteiger partial charge in [-0.3, -0.25) is 4.79 Å². The number of carbonyl (C=O) groups excluding carboxylic acids is 1. The molecule has 2 N–H and O–H groups in total. The second-order valence-corrected chi connectivity index (χ2v) is 5.71. The maximum Gasteiger partial charge on any atom is 0.317 e. The molecule has 0 aromatic rings. The lowest BCUT2D eigenvalue weighted by atomic mass is 9.94. The Balaban J connectivity index is 2.44. The van der Waals surface area contributed by atoms with Gasteiger partial charge in [-0.15, -0.1) is 0 Å². The maximum absolute atomic E-state index is 11.8. The van der Waals surface area contributed by atoms with Crippen LogP contribution in [-0.4, -0.2) is 41.6 Å². The van der Waals surface area contributed by atoms with E-state index in [2.05, 4.69) is 19.2 Å². The number of carboxylic acid groups (broad SMARTS) is 1. The van der Waals surface area contributed by atoms with Crippen LogP contribution in [0.15, 0.2) is 0 Å². The van der Waals surface area contributed by atoms with Gasteiger partial charge in [-0.05, 0) is 25.7 Å². The second kappa shape index (κ2) is 4.94. The molecule has 2 atom stereocenters. The Labute approximate surface area is 102 Å². The largest absolute Gasteiger partial charge is 0.481 e. The van der Waals surface area contributed by atoms with Crippen LogP contribution in [-0.2, 0) is 4.79 Å². The van der Waals surface area contributed by atoms with Crippen molar-refractivity contribution in [3.8, 4) is 0 Å². The molecule has 2 amide bonds. The van der Waals surface area contributed by atoms with Crippen LogP contribution in [0.3, 0.4) is 0 Å². The van der Waals surface area contributed by atoms with E-state index >= 15 is 0 Å². The number of hydrogen-bond donors (Lipinski definition) is 2. The van der Waals surface area contributed by atoms with Gasteiger partial charge in [0, 0.05) is 19.6 Å². The summed E-state index contributed by atoms with van der Waals surface area (Å²) in [5.74, 6) is 0.113. The van der Waals surface area contributed by atoms with Crippen molar-refractivity contribution in [2.24, 2.45) is 17.3 Å². The first kappa shape index (κ1) is 13.8. The first-order valence-corrected chi connectivity index (χ1v) is 6.00. The highest BCUT2D eigenvalue weighted by molar-refractivity contribution is 5.77.